The first kappa shape index (κ1) is 17.1. The second-order valence-corrected chi connectivity index (χ2v) is 4.65. The van der Waals surface area contributed by atoms with Crippen molar-refractivity contribution in [1.29, 1.82) is 0 Å². The molecule has 1 aromatic carbocycles. The number of carbonyl (C=O) groups is 1. The third-order valence-electron chi connectivity index (χ3n) is 3.04. The van der Waals surface area contributed by atoms with Crippen LogP contribution in [0.25, 0.3) is 6.08 Å². The van der Waals surface area contributed by atoms with E-state index < -0.39 is 17.1 Å². The van der Waals surface area contributed by atoms with Crippen molar-refractivity contribution in [2.75, 3.05) is 14.2 Å². The van der Waals surface area contributed by atoms with Gasteiger partial charge in [0.2, 0.25) is 5.43 Å². The fourth-order valence-electron chi connectivity index (χ4n) is 1.83. The molecule has 2 aromatic rings. The smallest absolute Gasteiger partial charge is 0.331 e. The van der Waals surface area contributed by atoms with Gasteiger partial charge >= 0.3 is 5.97 Å². The third kappa shape index (κ3) is 4.39. The molecule has 0 saturated heterocycles. The Hall–Kier alpha value is -3.22. The lowest BCUT2D eigenvalue weighted by atomic mass is 10.2. The molecule has 2 rings (SSSR count). The highest BCUT2D eigenvalue weighted by atomic mass is 16.5. The fraction of sp³-hybridized carbons (Fsp3) is 0.176. The van der Waals surface area contributed by atoms with Gasteiger partial charge in [0.1, 0.15) is 18.6 Å². The van der Waals surface area contributed by atoms with E-state index in [9.17, 15) is 9.59 Å². The van der Waals surface area contributed by atoms with Gasteiger partial charge < -0.3 is 23.7 Å². The summed E-state index contributed by atoms with van der Waals surface area (Å²) < 4.78 is 20.2. The molecule has 0 aliphatic rings. The molecule has 1 heterocycles. The van der Waals surface area contributed by atoms with Crippen molar-refractivity contribution < 1.29 is 28.5 Å². The van der Waals surface area contributed by atoms with Crippen molar-refractivity contribution >= 4 is 12.0 Å². The Kier molecular flexibility index (Phi) is 5.62. The number of esters is 1. The molecular formula is C17H16O7. The highest BCUT2D eigenvalue weighted by Gasteiger charge is 2.06. The predicted octanol–water partition coefficient (Wildman–Crippen LogP) is 2.12. The van der Waals surface area contributed by atoms with E-state index in [1.54, 1.807) is 24.3 Å². The minimum Gasteiger partial charge on any atom is -0.502 e. The van der Waals surface area contributed by atoms with Crippen LogP contribution in [0.15, 0.2) is 45.8 Å². The van der Waals surface area contributed by atoms with Crippen molar-refractivity contribution in [2.24, 2.45) is 0 Å². The molecule has 7 heteroatoms. The summed E-state index contributed by atoms with van der Waals surface area (Å²) in [6, 6.07) is 6.24. The standard InChI is InChI=1S/C17H16O7/c1-21-15-5-3-11(7-16(15)22-2)4-6-17(20)24-9-12-8-13(18)14(19)10-23-12/h3-8,10,19H,9H2,1-2H3/b6-4+. The molecular weight excluding hydrogens is 316 g/mol. The summed E-state index contributed by atoms with van der Waals surface area (Å²) in [5.74, 6) is 0.142. The first-order chi connectivity index (χ1) is 11.5. The minimum absolute atomic E-state index is 0.130. The van der Waals surface area contributed by atoms with Gasteiger partial charge in [-0.25, -0.2) is 4.79 Å². The second kappa shape index (κ2) is 7.87. The van der Waals surface area contributed by atoms with Crippen LogP contribution in [0.2, 0.25) is 0 Å². The highest BCUT2D eigenvalue weighted by molar-refractivity contribution is 5.87. The molecule has 0 atom stereocenters. The Labute approximate surface area is 137 Å². The summed E-state index contributed by atoms with van der Waals surface area (Å²) in [5, 5.41) is 9.07. The van der Waals surface area contributed by atoms with Crippen LogP contribution < -0.4 is 14.9 Å². The maximum atomic E-state index is 11.7. The van der Waals surface area contributed by atoms with Gasteiger partial charge in [-0.05, 0) is 23.8 Å². The first-order valence-electron chi connectivity index (χ1n) is 6.91. The van der Waals surface area contributed by atoms with Crippen molar-refractivity contribution in [3.05, 3.63) is 58.2 Å². The van der Waals surface area contributed by atoms with Crippen molar-refractivity contribution in [3.63, 3.8) is 0 Å². The second-order valence-electron chi connectivity index (χ2n) is 4.65. The fourth-order valence-corrected chi connectivity index (χ4v) is 1.83. The van der Waals surface area contributed by atoms with Crippen LogP contribution >= 0.6 is 0 Å². The van der Waals surface area contributed by atoms with E-state index in [0.29, 0.717) is 11.5 Å². The van der Waals surface area contributed by atoms with Crippen molar-refractivity contribution in [2.45, 2.75) is 6.61 Å². The Morgan fingerprint density at radius 3 is 2.62 bits per heavy atom. The topological polar surface area (TPSA) is 95.2 Å². The average Bonchev–Trinajstić information content (AvgIpc) is 2.60. The van der Waals surface area contributed by atoms with Crippen LogP contribution in [-0.2, 0) is 16.1 Å². The summed E-state index contributed by atoms with van der Waals surface area (Å²) in [6.07, 6.45) is 3.68. The van der Waals surface area contributed by atoms with Crippen LogP contribution in [-0.4, -0.2) is 25.3 Å². The molecule has 0 bridgehead atoms. The lowest BCUT2D eigenvalue weighted by molar-refractivity contribution is -0.139. The molecule has 0 unspecified atom stereocenters. The molecule has 0 aliphatic heterocycles. The van der Waals surface area contributed by atoms with Gasteiger partial charge in [0.15, 0.2) is 17.2 Å². The molecule has 1 aromatic heterocycles. The van der Waals surface area contributed by atoms with Gasteiger partial charge in [0.05, 0.1) is 14.2 Å². The predicted molar refractivity (Wildman–Crippen MR) is 85.0 cm³/mol. The quantitative estimate of drug-likeness (QED) is 0.639. The van der Waals surface area contributed by atoms with E-state index in [1.807, 2.05) is 0 Å². The third-order valence-corrected chi connectivity index (χ3v) is 3.04. The number of rotatable bonds is 6. The van der Waals surface area contributed by atoms with E-state index in [2.05, 4.69) is 0 Å². The minimum atomic E-state index is -0.611. The Morgan fingerprint density at radius 2 is 1.96 bits per heavy atom. The summed E-state index contributed by atoms with van der Waals surface area (Å²) in [4.78, 5) is 22.9. The Bertz CT molecular complexity index is 805. The SMILES string of the molecule is COc1ccc(/C=C/C(=O)OCc2cc(=O)c(O)co2)cc1OC. The monoisotopic (exact) mass is 332 g/mol. The van der Waals surface area contributed by atoms with E-state index >= 15 is 0 Å². The summed E-state index contributed by atoms with van der Waals surface area (Å²) in [5.41, 5.74) is 0.119. The van der Waals surface area contributed by atoms with Crippen molar-refractivity contribution in [1.82, 2.24) is 0 Å². The summed E-state index contributed by atoms with van der Waals surface area (Å²) in [6.45, 7) is -0.218. The highest BCUT2D eigenvalue weighted by Crippen LogP contribution is 2.27. The lowest BCUT2D eigenvalue weighted by Gasteiger charge is -2.07. The molecule has 0 radical (unpaired) electrons. The van der Waals surface area contributed by atoms with Gasteiger partial charge in [-0.2, -0.15) is 0 Å². The van der Waals surface area contributed by atoms with E-state index in [1.165, 1.54) is 20.3 Å². The zero-order chi connectivity index (χ0) is 17.5. The molecule has 0 spiro atoms. The van der Waals surface area contributed by atoms with Gasteiger partial charge in [-0.3, -0.25) is 4.79 Å². The zero-order valence-corrected chi connectivity index (χ0v) is 13.1. The van der Waals surface area contributed by atoms with E-state index in [-0.39, 0.29) is 12.4 Å². The first-order valence-corrected chi connectivity index (χ1v) is 6.91. The molecule has 126 valence electrons. The number of benzene rings is 1. The van der Waals surface area contributed by atoms with Crippen LogP contribution in [0.1, 0.15) is 11.3 Å². The molecule has 0 aliphatic carbocycles. The van der Waals surface area contributed by atoms with Crippen LogP contribution in [0.3, 0.4) is 0 Å². The maximum Gasteiger partial charge on any atom is 0.331 e. The van der Waals surface area contributed by atoms with Crippen LogP contribution in [0.4, 0.5) is 0 Å². The summed E-state index contributed by atoms with van der Waals surface area (Å²) >= 11 is 0. The van der Waals surface area contributed by atoms with Gasteiger partial charge in [0.25, 0.3) is 0 Å². The summed E-state index contributed by atoms with van der Waals surface area (Å²) in [7, 11) is 3.05. The largest absolute Gasteiger partial charge is 0.502 e. The molecule has 1 N–H and O–H groups in total. The van der Waals surface area contributed by atoms with Crippen LogP contribution in [0.5, 0.6) is 17.2 Å². The lowest BCUT2D eigenvalue weighted by Crippen LogP contribution is -2.04. The molecule has 0 amide bonds. The maximum absolute atomic E-state index is 11.7. The molecule has 0 saturated carbocycles. The zero-order valence-electron chi connectivity index (χ0n) is 13.1. The van der Waals surface area contributed by atoms with E-state index in [4.69, 9.17) is 23.7 Å². The Balaban J connectivity index is 1.97. The average molecular weight is 332 g/mol. The number of carbonyl (C=O) groups excluding carboxylic acids is 1. The van der Waals surface area contributed by atoms with Gasteiger partial charge in [0, 0.05) is 12.1 Å². The van der Waals surface area contributed by atoms with Crippen molar-refractivity contribution in [3.8, 4) is 17.2 Å². The molecule has 7 nitrogen and oxygen atoms in total. The number of methoxy groups -OCH3 is 2. The number of hydrogen-bond acceptors (Lipinski definition) is 7. The number of hydrogen-bond donors (Lipinski definition) is 1. The number of ether oxygens (including phenoxy) is 3. The van der Waals surface area contributed by atoms with E-state index in [0.717, 1.165) is 17.9 Å². The van der Waals surface area contributed by atoms with Crippen LogP contribution in [0, 0.1) is 0 Å². The normalized spacial score (nSPS) is 10.6. The van der Waals surface area contributed by atoms with Gasteiger partial charge in [-0.1, -0.05) is 6.07 Å². The number of aromatic hydroxyl groups is 1. The molecule has 24 heavy (non-hydrogen) atoms. The Morgan fingerprint density at radius 1 is 1.21 bits per heavy atom. The van der Waals surface area contributed by atoms with Gasteiger partial charge in [-0.15, -0.1) is 0 Å². The molecule has 0 fully saturated rings.